The smallest absolute Gasteiger partial charge is 0.317 e. The van der Waals surface area contributed by atoms with Gasteiger partial charge in [-0.2, -0.15) is 0 Å². The Morgan fingerprint density at radius 1 is 1.53 bits per heavy atom. The highest BCUT2D eigenvalue weighted by atomic mass is 79.9. The Morgan fingerprint density at radius 2 is 2.16 bits per heavy atom. The summed E-state index contributed by atoms with van der Waals surface area (Å²) < 4.78 is 0.399. The van der Waals surface area contributed by atoms with Gasteiger partial charge in [-0.1, -0.05) is 12.1 Å². The van der Waals surface area contributed by atoms with Crippen LogP contribution in [0.1, 0.15) is 19.4 Å². The van der Waals surface area contributed by atoms with E-state index in [2.05, 4.69) is 15.9 Å². The standard InChI is InChI=1S/C12H15BrN2O4/c1-8(2)14(7-11(16)17)6-9-4-3-5-10(12(9)13)15(18)19/h3-5,8H,6-7H2,1-2H3,(H,16,17). The molecule has 1 rings (SSSR count). The summed E-state index contributed by atoms with van der Waals surface area (Å²) in [7, 11) is 0. The molecule has 6 nitrogen and oxygen atoms in total. The fourth-order valence-electron chi connectivity index (χ4n) is 1.64. The lowest BCUT2D eigenvalue weighted by atomic mass is 10.1. The quantitative estimate of drug-likeness (QED) is 0.640. The van der Waals surface area contributed by atoms with Crippen LogP contribution < -0.4 is 0 Å². The van der Waals surface area contributed by atoms with Crippen molar-refractivity contribution < 1.29 is 14.8 Å². The van der Waals surface area contributed by atoms with Crippen LogP contribution in [0.5, 0.6) is 0 Å². The van der Waals surface area contributed by atoms with Crippen LogP contribution in [0.15, 0.2) is 22.7 Å². The minimum absolute atomic E-state index is 0.0171. The van der Waals surface area contributed by atoms with Gasteiger partial charge in [0.25, 0.3) is 5.69 Å². The number of nitro groups is 1. The summed E-state index contributed by atoms with van der Waals surface area (Å²) in [6, 6.07) is 4.78. The summed E-state index contributed by atoms with van der Waals surface area (Å²) in [6.45, 7) is 4.00. The number of hydrogen-bond donors (Lipinski definition) is 1. The number of aliphatic carboxylic acids is 1. The summed E-state index contributed by atoms with van der Waals surface area (Å²) in [5.74, 6) is -0.921. The third-order valence-corrected chi connectivity index (χ3v) is 3.61. The van der Waals surface area contributed by atoms with Crippen molar-refractivity contribution in [2.45, 2.75) is 26.4 Å². The van der Waals surface area contributed by atoms with Crippen molar-refractivity contribution in [3.63, 3.8) is 0 Å². The van der Waals surface area contributed by atoms with E-state index in [1.54, 1.807) is 17.0 Å². The van der Waals surface area contributed by atoms with E-state index in [0.717, 1.165) is 0 Å². The lowest BCUT2D eigenvalue weighted by molar-refractivity contribution is -0.385. The Labute approximate surface area is 119 Å². The molecule has 0 aliphatic rings. The normalized spacial score (nSPS) is 11.0. The highest BCUT2D eigenvalue weighted by Crippen LogP contribution is 2.29. The van der Waals surface area contributed by atoms with E-state index in [1.807, 2.05) is 13.8 Å². The first-order valence-electron chi connectivity index (χ1n) is 5.70. The molecule has 1 N–H and O–H groups in total. The number of carbonyl (C=O) groups is 1. The van der Waals surface area contributed by atoms with Crippen LogP contribution in [0.25, 0.3) is 0 Å². The molecule has 0 amide bonds. The maximum atomic E-state index is 10.8. The first-order valence-corrected chi connectivity index (χ1v) is 6.49. The second kappa shape index (κ2) is 6.63. The number of nitro benzene ring substituents is 1. The molecule has 0 radical (unpaired) electrons. The van der Waals surface area contributed by atoms with Gasteiger partial charge in [-0.05, 0) is 35.3 Å². The highest BCUT2D eigenvalue weighted by Gasteiger charge is 2.19. The van der Waals surface area contributed by atoms with Gasteiger partial charge >= 0.3 is 5.97 Å². The van der Waals surface area contributed by atoms with E-state index in [4.69, 9.17) is 5.11 Å². The molecule has 19 heavy (non-hydrogen) atoms. The Hall–Kier alpha value is -1.47. The van der Waals surface area contributed by atoms with Crippen LogP contribution in [0.3, 0.4) is 0 Å². The molecule has 0 atom stereocenters. The number of carboxylic acids is 1. The largest absolute Gasteiger partial charge is 0.480 e. The van der Waals surface area contributed by atoms with Crippen molar-refractivity contribution >= 4 is 27.6 Å². The maximum Gasteiger partial charge on any atom is 0.317 e. The Bertz CT molecular complexity index is 491. The summed E-state index contributed by atoms with van der Waals surface area (Å²) >= 11 is 3.21. The molecule has 0 heterocycles. The summed E-state index contributed by atoms with van der Waals surface area (Å²) in [4.78, 5) is 22.9. The van der Waals surface area contributed by atoms with Crippen molar-refractivity contribution in [1.82, 2.24) is 4.90 Å². The van der Waals surface area contributed by atoms with E-state index in [1.165, 1.54) is 6.07 Å². The molecule has 0 unspecified atom stereocenters. The lowest BCUT2D eigenvalue weighted by Gasteiger charge is -2.24. The molecule has 1 aromatic carbocycles. The van der Waals surface area contributed by atoms with E-state index in [0.29, 0.717) is 16.6 Å². The van der Waals surface area contributed by atoms with Gasteiger partial charge in [0.1, 0.15) is 0 Å². The highest BCUT2D eigenvalue weighted by molar-refractivity contribution is 9.10. The molecule has 0 aliphatic carbocycles. The zero-order valence-electron chi connectivity index (χ0n) is 10.7. The number of rotatable bonds is 6. The minimum Gasteiger partial charge on any atom is -0.480 e. The van der Waals surface area contributed by atoms with Crippen LogP contribution in [-0.4, -0.2) is 33.5 Å². The van der Waals surface area contributed by atoms with E-state index >= 15 is 0 Å². The van der Waals surface area contributed by atoms with Gasteiger partial charge in [0.15, 0.2) is 0 Å². The minimum atomic E-state index is -0.921. The fraction of sp³-hybridized carbons (Fsp3) is 0.417. The summed E-state index contributed by atoms with van der Waals surface area (Å²) in [5, 5.41) is 19.7. The molecule has 0 bridgehead atoms. The van der Waals surface area contributed by atoms with E-state index in [-0.39, 0.29) is 18.3 Å². The van der Waals surface area contributed by atoms with Crippen LogP contribution >= 0.6 is 15.9 Å². The van der Waals surface area contributed by atoms with Crippen molar-refractivity contribution in [2.24, 2.45) is 0 Å². The molecular formula is C12H15BrN2O4. The number of halogens is 1. The average molecular weight is 331 g/mol. The van der Waals surface area contributed by atoms with Crippen LogP contribution in [-0.2, 0) is 11.3 Å². The number of nitrogens with zero attached hydrogens (tertiary/aromatic N) is 2. The lowest BCUT2D eigenvalue weighted by Crippen LogP contribution is -2.35. The van der Waals surface area contributed by atoms with Gasteiger partial charge in [-0.3, -0.25) is 19.8 Å². The second-order valence-corrected chi connectivity index (χ2v) is 5.19. The van der Waals surface area contributed by atoms with Crippen molar-refractivity contribution in [3.05, 3.63) is 38.3 Å². The number of carboxylic acid groups (broad SMARTS) is 1. The van der Waals surface area contributed by atoms with Gasteiger partial charge in [0.05, 0.1) is 15.9 Å². The first-order chi connectivity index (χ1) is 8.82. The predicted octanol–water partition coefficient (Wildman–Crippen LogP) is 2.65. The molecule has 104 valence electrons. The average Bonchev–Trinajstić information content (AvgIpc) is 2.29. The van der Waals surface area contributed by atoms with Gasteiger partial charge in [0, 0.05) is 18.7 Å². The second-order valence-electron chi connectivity index (χ2n) is 4.40. The van der Waals surface area contributed by atoms with Crippen molar-refractivity contribution in [3.8, 4) is 0 Å². The Morgan fingerprint density at radius 3 is 2.63 bits per heavy atom. The van der Waals surface area contributed by atoms with E-state index in [9.17, 15) is 14.9 Å². The van der Waals surface area contributed by atoms with E-state index < -0.39 is 10.9 Å². The molecule has 0 saturated carbocycles. The summed E-state index contributed by atoms with van der Waals surface area (Å²) in [6.07, 6.45) is 0. The van der Waals surface area contributed by atoms with Gasteiger partial charge in [-0.25, -0.2) is 0 Å². The van der Waals surface area contributed by atoms with Crippen LogP contribution in [0, 0.1) is 10.1 Å². The fourth-order valence-corrected chi connectivity index (χ4v) is 2.18. The molecule has 0 aromatic heterocycles. The van der Waals surface area contributed by atoms with Gasteiger partial charge in [-0.15, -0.1) is 0 Å². The van der Waals surface area contributed by atoms with Gasteiger partial charge in [0.2, 0.25) is 0 Å². The molecular weight excluding hydrogens is 316 g/mol. The topological polar surface area (TPSA) is 83.7 Å². The monoisotopic (exact) mass is 330 g/mol. The van der Waals surface area contributed by atoms with Crippen molar-refractivity contribution in [1.29, 1.82) is 0 Å². The zero-order valence-corrected chi connectivity index (χ0v) is 12.3. The molecule has 0 saturated heterocycles. The number of hydrogen-bond acceptors (Lipinski definition) is 4. The maximum absolute atomic E-state index is 10.8. The molecule has 0 fully saturated rings. The third-order valence-electron chi connectivity index (χ3n) is 2.70. The molecule has 0 aliphatic heterocycles. The first kappa shape index (κ1) is 15.6. The Balaban J connectivity index is 3.00. The van der Waals surface area contributed by atoms with Crippen molar-refractivity contribution in [2.75, 3.05) is 6.54 Å². The number of benzene rings is 1. The summed E-state index contributed by atoms with van der Waals surface area (Å²) in [5.41, 5.74) is 0.681. The van der Waals surface area contributed by atoms with Gasteiger partial charge < -0.3 is 5.11 Å². The SMILES string of the molecule is CC(C)N(CC(=O)O)Cc1cccc([N+](=O)[O-])c1Br. The van der Waals surface area contributed by atoms with Crippen LogP contribution in [0.2, 0.25) is 0 Å². The zero-order chi connectivity index (χ0) is 14.6. The Kier molecular flexibility index (Phi) is 5.44. The molecule has 0 spiro atoms. The predicted molar refractivity (Wildman–Crippen MR) is 74.0 cm³/mol. The van der Waals surface area contributed by atoms with Crippen LogP contribution in [0.4, 0.5) is 5.69 Å². The third kappa shape index (κ3) is 4.29. The molecule has 7 heteroatoms. The molecule has 1 aromatic rings.